The van der Waals surface area contributed by atoms with E-state index in [2.05, 4.69) is 11.4 Å². The Labute approximate surface area is 160 Å². The quantitative estimate of drug-likeness (QED) is 0.679. The third-order valence-corrected chi connectivity index (χ3v) is 4.30. The first-order chi connectivity index (χ1) is 12.8. The van der Waals surface area contributed by atoms with Crippen molar-refractivity contribution >= 4 is 11.9 Å². The predicted molar refractivity (Wildman–Crippen MR) is 103 cm³/mol. The van der Waals surface area contributed by atoms with Gasteiger partial charge in [-0.15, -0.1) is 0 Å². The van der Waals surface area contributed by atoms with E-state index in [4.69, 9.17) is 9.72 Å². The minimum atomic E-state index is -2.29. The molecule has 2 heterocycles. The summed E-state index contributed by atoms with van der Waals surface area (Å²) in [6.07, 6.45) is 2.73. The Bertz CT molecular complexity index is 618. The van der Waals surface area contributed by atoms with Crippen LogP contribution >= 0.6 is 0 Å². The van der Waals surface area contributed by atoms with Crippen molar-refractivity contribution in [1.82, 2.24) is 10.3 Å². The number of hydrogen-bond acceptors (Lipinski definition) is 4. The van der Waals surface area contributed by atoms with Gasteiger partial charge in [-0.1, -0.05) is 12.5 Å². The molecule has 0 saturated heterocycles. The second kappa shape index (κ2) is 9.97. The first-order valence-corrected chi connectivity index (χ1v) is 9.74. The molecule has 5 nitrogen and oxygen atoms in total. The SMILES string of the molecule is CC(C)(C)OC(=O)N1CCCc2ccc(CCCCCNCC(F)F)nc21. The van der Waals surface area contributed by atoms with Crippen molar-refractivity contribution in [3.63, 3.8) is 0 Å². The number of aryl methyl sites for hydroxylation is 2. The summed E-state index contributed by atoms with van der Waals surface area (Å²) < 4.78 is 29.6. The molecule has 0 spiro atoms. The van der Waals surface area contributed by atoms with Gasteiger partial charge in [0.2, 0.25) is 0 Å². The van der Waals surface area contributed by atoms with Crippen molar-refractivity contribution < 1.29 is 18.3 Å². The predicted octanol–water partition coefficient (Wildman–Crippen LogP) is 4.34. The molecule has 0 saturated carbocycles. The first kappa shape index (κ1) is 21.5. The first-order valence-electron chi connectivity index (χ1n) is 9.74. The molecule has 0 atom stereocenters. The van der Waals surface area contributed by atoms with Gasteiger partial charge in [0.25, 0.3) is 6.43 Å². The minimum Gasteiger partial charge on any atom is -0.443 e. The average Bonchev–Trinajstić information content (AvgIpc) is 2.58. The molecule has 0 unspecified atom stereocenters. The van der Waals surface area contributed by atoms with Crippen LogP contribution < -0.4 is 10.2 Å². The van der Waals surface area contributed by atoms with E-state index in [-0.39, 0.29) is 12.6 Å². The zero-order valence-corrected chi connectivity index (χ0v) is 16.6. The fourth-order valence-corrected chi connectivity index (χ4v) is 3.06. The Morgan fingerprint density at radius 3 is 2.78 bits per heavy atom. The third-order valence-electron chi connectivity index (χ3n) is 4.30. The van der Waals surface area contributed by atoms with E-state index in [9.17, 15) is 13.6 Å². The number of carbonyl (C=O) groups excluding carboxylic acids is 1. The van der Waals surface area contributed by atoms with Gasteiger partial charge in [0.05, 0.1) is 6.54 Å². The molecule has 1 aromatic rings. The van der Waals surface area contributed by atoms with Gasteiger partial charge in [0.1, 0.15) is 11.4 Å². The van der Waals surface area contributed by atoms with Gasteiger partial charge >= 0.3 is 6.09 Å². The van der Waals surface area contributed by atoms with E-state index in [0.717, 1.165) is 49.8 Å². The summed E-state index contributed by atoms with van der Waals surface area (Å²) in [6.45, 7) is 6.55. The van der Waals surface area contributed by atoms with Gasteiger partial charge < -0.3 is 10.1 Å². The summed E-state index contributed by atoms with van der Waals surface area (Å²) in [5, 5.41) is 2.74. The number of nitrogens with one attached hydrogen (secondary N) is 1. The van der Waals surface area contributed by atoms with Crippen LogP contribution in [0.25, 0.3) is 0 Å². The molecule has 1 aliphatic heterocycles. The summed E-state index contributed by atoms with van der Waals surface area (Å²) in [6, 6.07) is 4.07. The highest BCUT2D eigenvalue weighted by Gasteiger charge is 2.28. The molecule has 0 aromatic carbocycles. The fraction of sp³-hybridized carbons (Fsp3) is 0.700. The van der Waals surface area contributed by atoms with E-state index in [1.807, 2.05) is 26.8 Å². The number of nitrogens with zero attached hydrogens (tertiary/aromatic N) is 2. The number of ether oxygens (including phenoxy) is 1. The third kappa shape index (κ3) is 7.40. The molecular weight excluding hydrogens is 352 g/mol. The number of alkyl halides is 2. The van der Waals surface area contributed by atoms with E-state index in [0.29, 0.717) is 18.9 Å². The van der Waals surface area contributed by atoms with Crippen molar-refractivity contribution in [2.45, 2.75) is 71.3 Å². The molecule has 1 aliphatic rings. The molecule has 0 fully saturated rings. The van der Waals surface area contributed by atoms with E-state index >= 15 is 0 Å². The van der Waals surface area contributed by atoms with Crippen LogP contribution in [0.15, 0.2) is 12.1 Å². The van der Waals surface area contributed by atoms with Crippen molar-refractivity contribution in [1.29, 1.82) is 0 Å². The maximum Gasteiger partial charge on any atom is 0.416 e. The Kier molecular flexibility index (Phi) is 7.95. The van der Waals surface area contributed by atoms with Crippen molar-refractivity contribution in [2.75, 3.05) is 24.5 Å². The molecule has 2 rings (SSSR count). The number of aromatic nitrogens is 1. The number of unbranched alkanes of at least 4 members (excludes halogenated alkanes) is 2. The summed E-state index contributed by atoms with van der Waals surface area (Å²) in [7, 11) is 0. The number of anilines is 1. The Balaban J connectivity index is 1.88. The molecule has 1 N–H and O–H groups in total. The van der Waals surface area contributed by atoms with Gasteiger partial charge in [-0.3, -0.25) is 4.90 Å². The number of fused-ring (bicyclic) bond motifs is 1. The van der Waals surface area contributed by atoms with Crippen molar-refractivity contribution in [2.24, 2.45) is 0 Å². The van der Waals surface area contributed by atoms with Crippen LogP contribution in [0.4, 0.5) is 19.4 Å². The molecule has 1 aromatic heterocycles. The highest BCUT2D eigenvalue weighted by atomic mass is 19.3. The van der Waals surface area contributed by atoms with Crippen LogP contribution in [0.5, 0.6) is 0 Å². The maximum atomic E-state index is 12.5. The number of rotatable bonds is 8. The second-order valence-electron chi connectivity index (χ2n) is 7.93. The van der Waals surface area contributed by atoms with Gasteiger partial charge in [-0.2, -0.15) is 0 Å². The highest BCUT2D eigenvalue weighted by molar-refractivity contribution is 5.88. The normalized spacial score (nSPS) is 14.4. The summed E-state index contributed by atoms with van der Waals surface area (Å²) in [4.78, 5) is 18.9. The minimum absolute atomic E-state index is 0.243. The Hall–Kier alpha value is -1.76. The van der Waals surface area contributed by atoms with E-state index in [1.54, 1.807) is 4.90 Å². The molecule has 0 aliphatic carbocycles. The van der Waals surface area contributed by atoms with Gasteiger partial charge in [-0.25, -0.2) is 18.6 Å². The zero-order valence-electron chi connectivity index (χ0n) is 16.6. The number of halogens is 2. The molecule has 0 bridgehead atoms. The lowest BCUT2D eigenvalue weighted by Gasteiger charge is -2.31. The molecule has 1 amide bonds. The molecular formula is C20H31F2N3O2. The molecule has 7 heteroatoms. The summed E-state index contributed by atoms with van der Waals surface area (Å²) >= 11 is 0. The van der Waals surface area contributed by atoms with Crippen LogP contribution in [-0.4, -0.2) is 42.7 Å². The van der Waals surface area contributed by atoms with Crippen LogP contribution in [0.1, 0.15) is 57.7 Å². The monoisotopic (exact) mass is 383 g/mol. The zero-order chi connectivity index (χ0) is 19.9. The fourth-order valence-electron chi connectivity index (χ4n) is 3.06. The largest absolute Gasteiger partial charge is 0.443 e. The topological polar surface area (TPSA) is 54.5 Å². The summed E-state index contributed by atoms with van der Waals surface area (Å²) in [5.41, 5.74) is 1.49. The van der Waals surface area contributed by atoms with Gasteiger partial charge in [0.15, 0.2) is 0 Å². The van der Waals surface area contributed by atoms with Crippen LogP contribution in [0, 0.1) is 0 Å². The van der Waals surface area contributed by atoms with Crippen LogP contribution in [-0.2, 0) is 17.6 Å². The lowest BCUT2D eigenvalue weighted by atomic mass is 10.0. The number of amides is 1. The molecule has 0 radical (unpaired) electrons. The lowest BCUT2D eigenvalue weighted by molar-refractivity contribution is 0.0576. The van der Waals surface area contributed by atoms with Crippen LogP contribution in [0.3, 0.4) is 0 Å². The number of pyridine rings is 1. The lowest BCUT2D eigenvalue weighted by Crippen LogP contribution is -2.40. The van der Waals surface area contributed by atoms with Gasteiger partial charge in [-0.05, 0) is 71.0 Å². The highest BCUT2D eigenvalue weighted by Crippen LogP contribution is 2.27. The second-order valence-corrected chi connectivity index (χ2v) is 7.93. The molecule has 152 valence electrons. The standard InChI is InChI=1S/C20H31F2N3O2/c1-20(2,3)27-19(26)25-13-7-8-15-10-11-16(24-18(15)25)9-5-4-6-12-23-14-17(21)22/h10-11,17,23H,4-9,12-14H2,1-3H3. The van der Waals surface area contributed by atoms with Crippen LogP contribution in [0.2, 0.25) is 0 Å². The Morgan fingerprint density at radius 1 is 1.30 bits per heavy atom. The number of hydrogen-bond donors (Lipinski definition) is 1. The van der Waals surface area contributed by atoms with Gasteiger partial charge in [0, 0.05) is 12.2 Å². The van der Waals surface area contributed by atoms with Crippen molar-refractivity contribution in [3.8, 4) is 0 Å². The summed E-state index contributed by atoms with van der Waals surface area (Å²) in [5.74, 6) is 0.714. The Morgan fingerprint density at radius 2 is 2.07 bits per heavy atom. The average molecular weight is 383 g/mol. The van der Waals surface area contributed by atoms with E-state index < -0.39 is 12.0 Å². The molecule has 27 heavy (non-hydrogen) atoms. The van der Waals surface area contributed by atoms with Crippen molar-refractivity contribution in [3.05, 3.63) is 23.4 Å². The maximum absolute atomic E-state index is 12.5. The van der Waals surface area contributed by atoms with E-state index in [1.165, 1.54) is 0 Å². The number of carbonyl (C=O) groups is 1. The smallest absolute Gasteiger partial charge is 0.416 e.